The molecule has 2 aliphatic heterocycles. The highest BCUT2D eigenvalue weighted by Gasteiger charge is 2.66. The fourth-order valence-corrected chi connectivity index (χ4v) is 5.82. The molecule has 1 aromatic rings. The lowest BCUT2D eigenvalue weighted by Gasteiger charge is -2.63. The molecule has 0 bridgehead atoms. The van der Waals surface area contributed by atoms with Gasteiger partial charge < -0.3 is 24.5 Å². The van der Waals surface area contributed by atoms with Gasteiger partial charge in [-0.3, -0.25) is 9.89 Å². The Labute approximate surface area is 179 Å². The summed E-state index contributed by atoms with van der Waals surface area (Å²) in [6.45, 7) is 7.50. The molecule has 2 saturated heterocycles. The van der Waals surface area contributed by atoms with E-state index >= 15 is 0 Å². The van der Waals surface area contributed by atoms with E-state index in [-0.39, 0.29) is 0 Å². The quantitative estimate of drug-likeness (QED) is 0.384. The van der Waals surface area contributed by atoms with Gasteiger partial charge in [0, 0.05) is 63.1 Å². The fourth-order valence-electron chi connectivity index (χ4n) is 5.82. The molecule has 3 atom stereocenters. The van der Waals surface area contributed by atoms with E-state index in [1.54, 1.807) is 6.26 Å². The Bertz CT molecular complexity index is 697. The highest BCUT2D eigenvalue weighted by molar-refractivity contribution is 5.80. The summed E-state index contributed by atoms with van der Waals surface area (Å²) in [5, 5.41) is 7.40. The number of hydrogen-bond donors (Lipinski definition) is 2. The van der Waals surface area contributed by atoms with E-state index in [2.05, 4.69) is 15.5 Å². The van der Waals surface area contributed by atoms with Crippen LogP contribution in [-0.2, 0) is 15.9 Å². The number of hydrogen-bond acceptors (Lipinski definition) is 5. The summed E-state index contributed by atoms with van der Waals surface area (Å²) in [7, 11) is 0. The number of furan rings is 1. The molecule has 5 rings (SSSR count). The number of ether oxygens (including phenoxy) is 2. The molecule has 7 nitrogen and oxygen atoms in total. The third-order valence-electron chi connectivity index (χ3n) is 7.58. The van der Waals surface area contributed by atoms with Crippen LogP contribution in [0.15, 0.2) is 27.8 Å². The van der Waals surface area contributed by atoms with Crippen LogP contribution in [0.25, 0.3) is 0 Å². The first-order chi connectivity index (χ1) is 14.9. The number of guanidine groups is 1. The van der Waals surface area contributed by atoms with E-state index in [9.17, 15) is 0 Å². The lowest BCUT2D eigenvalue weighted by Crippen LogP contribution is -2.72. The SMILES string of the molecule is c1coc(CCNC(=NCCCN2CCOCC2)NC2C3CCOC3C23CCC3)c1. The van der Waals surface area contributed by atoms with E-state index in [1.165, 1.54) is 25.7 Å². The summed E-state index contributed by atoms with van der Waals surface area (Å²) >= 11 is 0. The summed E-state index contributed by atoms with van der Waals surface area (Å²) in [6, 6.07) is 4.49. The largest absolute Gasteiger partial charge is 0.469 e. The van der Waals surface area contributed by atoms with E-state index in [0.717, 1.165) is 77.1 Å². The van der Waals surface area contributed by atoms with E-state index in [4.69, 9.17) is 18.9 Å². The lowest BCUT2D eigenvalue weighted by molar-refractivity contribution is -0.171. The number of nitrogens with one attached hydrogen (secondary N) is 2. The average molecular weight is 417 g/mol. The van der Waals surface area contributed by atoms with Crippen molar-refractivity contribution in [2.75, 3.05) is 52.5 Å². The summed E-state index contributed by atoms with van der Waals surface area (Å²) < 4.78 is 17.0. The maximum Gasteiger partial charge on any atom is 0.191 e. The second-order valence-electron chi connectivity index (χ2n) is 9.25. The molecular weight excluding hydrogens is 380 g/mol. The average Bonchev–Trinajstić information content (AvgIpc) is 3.39. The van der Waals surface area contributed by atoms with Gasteiger partial charge in [-0.1, -0.05) is 6.42 Å². The second-order valence-corrected chi connectivity index (χ2v) is 9.25. The van der Waals surface area contributed by atoms with E-state index < -0.39 is 0 Å². The molecule has 7 heteroatoms. The Kier molecular flexibility index (Phi) is 6.29. The molecule has 3 heterocycles. The third-order valence-corrected chi connectivity index (χ3v) is 7.58. The first kappa shape index (κ1) is 20.3. The third kappa shape index (κ3) is 4.12. The molecule has 30 heavy (non-hydrogen) atoms. The first-order valence-electron chi connectivity index (χ1n) is 11.8. The molecule has 166 valence electrons. The van der Waals surface area contributed by atoms with Crippen LogP contribution in [0.2, 0.25) is 0 Å². The summed E-state index contributed by atoms with van der Waals surface area (Å²) in [5.74, 6) is 2.62. The van der Waals surface area contributed by atoms with E-state index in [1.807, 2.05) is 12.1 Å². The molecule has 0 radical (unpaired) electrons. The predicted molar refractivity (Wildman–Crippen MR) is 116 cm³/mol. The maximum absolute atomic E-state index is 6.09. The zero-order chi connectivity index (χ0) is 20.2. The van der Waals surface area contributed by atoms with Gasteiger partial charge in [0.15, 0.2) is 5.96 Å². The van der Waals surface area contributed by atoms with Crippen LogP contribution in [0.4, 0.5) is 0 Å². The molecule has 2 aliphatic carbocycles. The van der Waals surface area contributed by atoms with Crippen LogP contribution in [0, 0.1) is 11.3 Å². The second kappa shape index (κ2) is 9.28. The first-order valence-corrected chi connectivity index (χ1v) is 11.8. The molecule has 4 fully saturated rings. The zero-order valence-electron chi connectivity index (χ0n) is 18.0. The number of fused-ring (bicyclic) bond motifs is 2. The normalized spacial score (nSPS) is 30.5. The highest BCUT2D eigenvalue weighted by atomic mass is 16.5. The predicted octanol–water partition coefficient (Wildman–Crippen LogP) is 2.04. The minimum absolute atomic E-state index is 0.360. The fraction of sp³-hybridized carbons (Fsp3) is 0.783. The van der Waals surface area contributed by atoms with Gasteiger partial charge in [0.2, 0.25) is 0 Å². The van der Waals surface area contributed by atoms with Gasteiger partial charge in [-0.15, -0.1) is 0 Å². The Morgan fingerprint density at radius 2 is 2.13 bits per heavy atom. The van der Waals surface area contributed by atoms with Gasteiger partial charge in [0.05, 0.1) is 25.6 Å². The smallest absolute Gasteiger partial charge is 0.191 e. The molecule has 2 saturated carbocycles. The van der Waals surface area contributed by atoms with Crippen molar-refractivity contribution >= 4 is 5.96 Å². The van der Waals surface area contributed by atoms with Crippen molar-refractivity contribution in [1.82, 2.24) is 15.5 Å². The molecule has 4 aliphatic rings. The molecular formula is C23H36N4O3. The van der Waals surface area contributed by atoms with E-state index in [0.29, 0.717) is 23.5 Å². The van der Waals surface area contributed by atoms with Crippen molar-refractivity contribution in [3.8, 4) is 0 Å². The van der Waals surface area contributed by atoms with Crippen LogP contribution in [0.5, 0.6) is 0 Å². The van der Waals surface area contributed by atoms with Gasteiger partial charge in [-0.25, -0.2) is 0 Å². The van der Waals surface area contributed by atoms with Crippen molar-refractivity contribution in [2.24, 2.45) is 16.3 Å². The minimum atomic E-state index is 0.360. The van der Waals surface area contributed by atoms with Crippen molar-refractivity contribution in [1.29, 1.82) is 0 Å². The van der Waals surface area contributed by atoms with Crippen LogP contribution in [-0.4, -0.2) is 75.5 Å². The van der Waals surface area contributed by atoms with Crippen molar-refractivity contribution in [3.63, 3.8) is 0 Å². The summed E-state index contributed by atoms with van der Waals surface area (Å²) in [6.07, 6.45) is 9.27. The minimum Gasteiger partial charge on any atom is -0.469 e. The molecule has 2 N–H and O–H groups in total. The lowest BCUT2D eigenvalue weighted by atomic mass is 9.46. The van der Waals surface area contributed by atoms with Crippen molar-refractivity contribution in [2.45, 2.75) is 50.7 Å². The Balaban J connectivity index is 1.16. The monoisotopic (exact) mass is 416 g/mol. The zero-order valence-corrected chi connectivity index (χ0v) is 18.0. The van der Waals surface area contributed by atoms with Gasteiger partial charge in [0.25, 0.3) is 0 Å². The number of aliphatic imine (C=N–C) groups is 1. The Morgan fingerprint density at radius 3 is 2.90 bits per heavy atom. The Hall–Kier alpha value is -1.57. The molecule has 0 amide bonds. The van der Waals surface area contributed by atoms with Gasteiger partial charge >= 0.3 is 0 Å². The van der Waals surface area contributed by atoms with Crippen molar-refractivity contribution < 1.29 is 13.9 Å². The van der Waals surface area contributed by atoms with Gasteiger partial charge in [-0.2, -0.15) is 0 Å². The summed E-state index contributed by atoms with van der Waals surface area (Å²) in [4.78, 5) is 7.43. The van der Waals surface area contributed by atoms with Gasteiger partial charge in [-0.05, 0) is 37.8 Å². The molecule has 3 unspecified atom stereocenters. The number of rotatable bonds is 8. The molecule has 0 aromatic carbocycles. The molecule has 1 spiro atoms. The standard InChI is InChI=1S/C23H36N4O3/c1-4-18(29-14-1)5-10-25-22(24-9-3-11-27-12-16-28-17-13-27)26-20-19-6-15-30-21(19)23(20)7-2-8-23/h1,4,14,19-21H,2-3,5-13,15-17H2,(H2,24,25,26). The van der Waals surface area contributed by atoms with Crippen LogP contribution in [0.1, 0.15) is 37.9 Å². The topological polar surface area (TPSA) is 71.3 Å². The van der Waals surface area contributed by atoms with Crippen molar-refractivity contribution in [3.05, 3.63) is 24.2 Å². The number of nitrogens with zero attached hydrogens (tertiary/aromatic N) is 2. The maximum atomic E-state index is 6.09. The molecule has 1 aromatic heterocycles. The Morgan fingerprint density at radius 1 is 1.23 bits per heavy atom. The van der Waals surface area contributed by atoms with Crippen LogP contribution >= 0.6 is 0 Å². The highest BCUT2D eigenvalue weighted by Crippen LogP contribution is 2.62. The van der Waals surface area contributed by atoms with Crippen LogP contribution in [0.3, 0.4) is 0 Å². The van der Waals surface area contributed by atoms with Gasteiger partial charge in [0.1, 0.15) is 5.76 Å². The van der Waals surface area contributed by atoms with Crippen LogP contribution < -0.4 is 10.6 Å². The summed E-state index contributed by atoms with van der Waals surface area (Å²) in [5.41, 5.74) is 0.360. The number of morpholine rings is 1.